The lowest BCUT2D eigenvalue weighted by molar-refractivity contribution is 0.0779. The zero-order valence-electron chi connectivity index (χ0n) is 9.36. The van der Waals surface area contributed by atoms with E-state index in [1.807, 2.05) is 0 Å². The maximum atomic E-state index is 13.4. The van der Waals surface area contributed by atoms with Crippen LogP contribution in [0, 0.1) is 0 Å². The average Bonchev–Trinajstić information content (AvgIpc) is 2.77. The van der Waals surface area contributed by atoms with Crippen LogP contribution in [-0.4, -0.2) is 45.2 Å². The number of thiazole rings is 1. The second-order valence-electron chi connectivity index (χ2n) is 3.97. The summed E-state index contributed by atoms with van der Waals surface area (Å²) in [6.45, 7) is 0.171. The van der Waals surface area contributed by atoms with Gasteiger partial charge in [0.15, 0.2) is 0 Å². The number of nitrogens with zero attached hydrogens (tertiary/aromatic N) is 3. The zero-order chi connectivity index (χ0) is 13.1. The van der Waals surface area contributed by atoms with Crippen molar-refractivity contribution in [3.63, 3.8) is 0 Å². The summed E-state index contributed by atoms with van der Waals surface area (Å²) >= 11 is 1.23. The molecule has 6 nitrogen and oxygen atoms in total. The van der Waals surface area contributed by atoms with Gasteiger partial charge in [0.05, 0.1) is 18.0 Å². The molecule has 2 N–H and O–H groups in total. The van der Waals surface area contributed by atoms with Crippen molar-refractivity contribution < 1.29 is 19.5 Å². The Balaban J connectivity index is 2.23. The van der Waals surface area contributed by atoms with Gasteiger partial charge in [-0.15, -0.1) is 11.3 Å². The molecule has 2 atom stereocenters. The summed E-state index contributed by atoms with van der Waals surface area (Å²) in [6, 6.07) is -0.558. The Labute approximate surface area is 106 Å². The molecular formula is C10H12FN3O3S. The summed E-state index contributed by atoms with van der Waals surface area (Å²) < 4.78 is 13.4. The number of carboxylic acid groups (broad SMARTS) is 1. The van der Waals surface area contributed by atoms with E-state index in [-0.39, 0.29) is 19.4 Å². The molecule has 0 aliphatic carbocycles. The van der Waals surface area contributed by atoms with Gasteiger partial charge in [-0.3, -0.25) is 4.90 Å². The van der Waals surface area contributed by atoms with Gasteiger partial charge in [0.2, 0.25) is 0 Å². The molecule has 0 bridgehead atoms. The van der Waals surface area contributed by atoms with Crippen LogP contribution in [0.25, 0.3) is 0 Å². The number of hydrogen-bond donors (Lipinski definition) is 2. The van der Waals surface area contributed by atoms with E-state index < -0.39 is 18.3 Å². The van der Waals surface area contributed by atoms with E-state index >= 15 is 0 Å². The fourth-order valence-electron chi connectivity index (χ4n) is 1.96. The van der Waals surface area contributed by atoms with Gasteiger partial charge < -0.3 is 10.3 Å². The van der Waals surface area contributed by atoms with Crippen molar-refractivity contribution in [1.82, 2.24) is 9.88 Å². The van der Waals surface area contributed by atoms with E-state index in [0.717, 1.165) is 6.21 Å². The molecule has 1 aromatic heterocycles. The number of halogens is 1. The van der Waals surface area contributed by atoms with Crippen molar-refractivity contribution in [2.45, 2.75) is 25.1 Å². The largest absolute Gasteiger partial charge is 0.465 e. The van der Waals surface area contributed by atoms with E-state index in [0.29, 0.717) is 10.7 Å². The lowest BCUT2D eigenvalue weighted by Crippen LogP contribution is -2.40. The third-order valence-electron chi connectivity index (χ3n) is 2.80. The molecule has 0 saturated carbocycles. The fourth-order valence-corrected chi connectivity index (χ4v) is 2.85. The molecule has 0 radical (unpaired) electrons. The maximum Gasteiger partial charge on any atom is 0.407 e. The second-order valence-corrected chi connectivity index (χ2v) is 4.86. The topological polar surface area (TPSA) is 86.0 Å². The Morgan fingerprint density at radius 2 is 2.50 bits per heavy atom. The SMILES string of the molecule is O=C(O)N1CCC(F)CC1c1nc(C=NO)cs1. The monoisotopic (exact) mass is 273 g/mol. The molecule has 98 valence electrons. The standard InChI is InChI=1S/C10H12FN3O3S/c11-6-1-2-14(10(15)16)8(3-6)9-13-7(4-12-17)5-18-9/h4-6,8,17H,1-3H2,(H,15,16). The summed E-state index contributed by atoms with van der Waals surface area (Å²) in [7, 11) is 0. The number of hydrogen-bond acceptors (Lipinski definition) is 5. The lowest BCUT2D eigenvalue weighted by Gasteiger charge is -2.33. The van der Waals surface area contributed by atoms with Crippen molar-refractivity contribution in [2.75, 3.05) is 6.54 Å². The van der Waals surface area contributed by atoms with Gasteiger partial charge in [0.25, 0.3) is 0 Å². The first-order valence-electron chi connectivity index (χ1n) is 5.38. The highest BCUT2D eigenvalue weighted by molar-refractivity contribution is 7.09. The van der Waals surface area contributed by atoms with Crippen LogP contribution in [0.15, 0.2) is 10.5 Å². The van der Waals surface area contributed by atoms with Gasteiger partial charge in [0.1, 0.15) is 11.2 Å². The molecule has 2 heterocycles. The van der Waals surface area contributed by atoms with Crippen LogP contribution in [0.3, 0.4) is 0 Å². The van der Waals surface area contributed by atoms with Gasteiger partial charge in [0, 0.05) is 18.3 Å². The highest BCUT2D eigenvalue weighted by Crippen LogP contribution is 2.33. The molecule has 18 heavy (non-hydrogen) atoms. The van der Waals surface area contributed by atoms with E-state index in [4.69, 9.17) is 10.3 Å². The predicted octanol–water partition coefficient (Wildman–Crippen LogP) is 2.10. The summed E-state index contributed by atoms with van der Waals surface area (Å²) in [5.74, 6) is 0. The Morgan fingerprint density at radius 1 is 1.72 bits per heavy atom. The van der Waals surface area contributed by atoms with Crippen LogP contribution >= 0.6 is 11.3 Å². The number of oxime groups is 1. The quantitative estimate of drug-likeness (QED) is 0.491. The molecule has 0 spiro atoms. The molecule has 1 aliphatic rings. The lowest BCUT2D eigenvalue weighted by atomic mass is 10.0. The van der Waals surface area contributed by atoms with Crippen LogP contribution in [0.4, 0.5) is 9.18 Å². The molecular weight excluding hydrogens is 261 g/mol. The van der Waals surface area contributed by atoms with Crippen molar-refractivity contribution in [1.29, 1.82) is 0 Å². The van der Waals surface area contributed by atoms with Gasteiger partial charge in [-0.1, -0.05) is 5.16 Å². The molecule has 0 aromatic carbocycles. The summed E-state index contributed by atoms with van der Waals surface area (Å²) in [6.07, 6.45) is -0.584. The van der Waals surface area contributed by atoms with Gasteiger partial charge >= 0.3 is 6.09 Å². The number of carbonyl (C=O) groups is 1. The van der Waals surface area contributed by atoms with E-state index in [1.165, 1.54) is 16.2 Å². The Kier molecular flexibility index (Phi) is 3.75. The van der Waals surface area contributed by atoms with Gasteiger partial charge in [-0.25, -0.2) is 14.2 Å². The molecule has 2 rings (SSSR count). The van der Waals surface area contributed by atoms with Crippen LogP contribution in [0.1, 0.15) is 29.6 Å². The number of likely N-dealkylation sites (tertiary alicyclic amines) is 1. The van der Waals surface area contributed by atoms with Crippen LogP contribution < -0.4 is 0 Å². The second kappa shape index (κ2) is 5.30. The molecule has 1 aromatic rings. The Morgan fingerprint density at radius 3 is 3.17 bits per heavy atom. The number of aromatic nitrogens is 1. The number of alkyl halides is 1. The molecule has 1 saturated heterocycles. The first kappa shape index (κ1) is 12.7. The minimum atomic E-state index is -1.07. The van der Waals surface area contributed by atoms with Crippen LogP contribution in [0.5, 0.6) is 0 Å². The Bertz CT molecular complexity index is 465. The van der Waals surface area contributed by atoms with Crippen LogP contribution in [-0.2, 0) is 0 Å². The first-order chi connectivity index (χ1) is 8.61. The molecule has 1 amide bonds. The van der Waals surface area contributed by atoms with Crippen molar-refractivity contribution in [3.8, 4) is 0 Å². The van der Waals surface area contributed by atoms with Gasteiger partial charge in [-0.05, 0) is 6.42 Å². The molecule has 1 aliphatic heterocycles. The number of rotatable bonds is 2. The smallest absolute Gasteiger partial charge is 0.407 e. The van der Waals surface area contributed by atoms with Gasteiger partial charge in [-0.2, -0.15) is 0 Å². The summed E-state index contributed by atoms with van der Waals surface area (Å²) in [4.78, 5) is 16.4. The van der Waals surface area contributed by atoms with E-state index in [2.05, 4.69) is 10.1 Å². The highest BCUT2D eigenvalue weighted by atomic mass is 32.1. The number of piperidine rings is 1. The maximum absolute atomic E-state index is 13.4. The fraction of sp³-hybridized carbons (Fsp3) is 0.500. The Hall–Kier alpha value is -1.70. The zero-order valence-corrected chi connectivity index (χ0v) is 10.2. The summed E-state index contributed by atoms with van der Waals surface area (Å²) in [5.41, 5.74) is 0.434. The molecule has 1 fully saturated rings. The average molecular weight is 273 g/mol. The minimum Gasteiger partial charge on any atom is -0.465 e. The number of amides is 1. The first-order valence-corrected chi connectivity index (χ1v) is 6.26. The van der Waals surface area contributed by atoms with Crippen molar-refractivity contribution >= 4 is 23.6 Å². The van der Waals surface area contributed by atoms with Crippen LogP contribution in [0.2, 0.25) is 0 Å². The highest BCUT2D eigenvalue weighted by Gasteiger charge is 2.34. The van der Waals surface area contributed by atoms with Crippen molar-refractivity contribution in [3.05, 3.63) is 16.1 Å². The third kappa shape index (κ3) is 2.58. The molecule has 2 unspecified atom stereocenters. The third-order valence-corrected chi connectivity index (χ3v) is 3.76. The van der Waals surface area contributed by atoms with Crippen molar-refractivity contribution in [2.24, 2.45) is 5.16 Å². The van der Waals surface area contributed by atoms with E-state index in [9.17, 15) is 9.18 Å². The van der Waals surface area contributed by atoms with E-state index in [1.54, 1.807) is 5.38 Å². The molecule has 8 heteroatoms. The predicted molar refractivity (Wildman–Crippen MR) is 63.1 cm³/mol. The normalized spacial score (nSPS) is 24.6. The summed E-state index contributed by atoms with van der Waals surface area (Å²) in [5, 5.41) is 22.5. The minimum absolute atomic E-state index is 0.121.